The van der Waals surface area contributed by atoms with Crippen molar-refractivity contribution in [2.45, 2.75) is 24.4 Å². The van der Waals surface area contributed by atoms with E-state index < -0.39 is 25.5 Å². The summed E-state index contributed by atoms with van der Waals surface area (Å²) in [5.74, 6) is 0.219. The maximum absolute atomic E-state index is 11.1. The summed E-state index contributed by atoms with van der Waals surface area (Å²) in [5, 5.41) is 10.8. The summed E-state index contributed by atoms with van der Waals surface area (Å²) in [6, 6.07) is 0. The van der Waals surface area contributed by atoms with Crippen LogP contribution in [0, 0.1) is 0 Å². The average molecular weight is 372 g/mol. The van der Waals surface area contributed by atoms with E-state index >= 15 is 0 Å². The molecule has 0 radical (unpaired) electrons. The third-order valence-corrected chi connectivity index (χ3v) is 4.88. The summed E-state index contributed by atoms with van der Waals surface area (Å²) >= 11 is 0. The summed E-state index contributed by atoms with van der Waals surface area (Å²) in [6.07, 6.45) is 0.952. The molecular formula is C13H19N5O6P-. The van der Waals surface area contributed by atoms with Crippen LogP contribution in [0.2, 0.25) is 0 Å². The second-order valence-electron chi connectivity index (χ2n) is 5.85. The quantitative estimate of drug-likeness (QED) is 0.619. The van der Waals surface area contributed by atoms with Crippen molar-refractivity contribution in [3.8, 4) is 0 Å². The maximum Gasteiger partial charge on any atom is 0.167 e. The minimum absolute atomic E-state index is 0.0474. The number of ether oxygens (including phenoxy) is 2. The number of methoxy groups -OCH3 is 1. The Morgan fingerprint density at radius 1 is 1.56 bits per heavy atom. The predicted molar refractivity (Wildman–Crippen MR) is 84.6 cm³/mol. The third kappa shape index (κ3) is 3.39. The maximum atomic E-state index is 11.1. The zero-order valence-corrected chi connectivity index (χ0v) is 14.6. The van der Waals surface area contributed by atoms with Crippen molar-refractivity contribution in [3.63, 3.8) is 0 Å². The zero-order valence-electron chi connectivity index (χ0n) is 13.7. The van der Waals surface area contributed by atoms with Gasteiger partial charge in [-0.15, -0.1) is 0 Å². The van der Waals surface area contributed by atoms with Crippen LogP contribution in [0.4, 0.5) is 5.82 Å². The van der Waals surface area contributed by atoms with E-state index in [1.807, 2.05) is 0 Å². The Kier molecular flexibility index (Phi) is 4.80. The van der Waals surface area contributed by atoms with Crippen molar-refractivity contribution in [1.29, 1.82) is 0 Å². The molecule has 1 fully saturated rings. The third-order valence-electron chi connectivity index (χ3n) is 4.23. The Bertz CT molecular complexity index is 809. The Hall–Kier alpha value is -1.62. The number of anilines is 1. The van der Waals surface area contributed by atoms with Gasteiger partial charge in [0, 0.05) is 20.2 Å². The fourth-order valence-corrected chi connectivity index (χ4v) is 3.26. The second kappa shape index (κ2) is 6.60. The summed E-state index contributed by atoms with van der Waals surface area (Å²) in [7, 11) is -2.44. The first kappa shape index (κ1) is 18.2. The largest absolute Gasteiger partial charge is 0.779 e. The number of hydrogen-bond donors (Lipinski definition) is 2. The highest BCUT2D eigenvalue weighted by atomic mass is 31.2. The van der Waals surface area contributed by atoms with Gasteiger partial charge in [0.25, 0.3) is 0 Å². The zero-order chi connectivity index (χ0) is 18.2. The van der Waals surface area contributed by atoms with Gasteiger partial charge < -0.3 is 34.3 Å². The van der Waals surface area contributed by atoms with Crippen LogP contribution in [0.25, 0.3) is 11.2 Å². The molecular weight excluding hydrogens is 353 g/mol. The number of nitrogens with two attached hydrogens (primary N) is 1. The fraction of sp³-hybridized carbons (Fsp3) is 0.615. The molecule has 1 saturated heterocycles. The highest BCUT2D eigenvalue weighted by Gasteiger charge is 2.50. The Labute approximate surface area is 143 Å². The number of hydrogen-bond acceptors (Lipinski definition) is 10. The molecule has 2 aromatic rings. The van der Waals surface area contributed by atoms with E-state index in [1.54, 1.807) is 0 Å². The fourth-order valence-electron chi connectivity index (χ4n) is 2.84. The first-order valence-electron chi connectivity index (χ1n) is 7.48. The number of imidazole rings is 1. The van der Waals surface area contributed by atoms with Gasteiger partial charge in [-0.1, -0.05) is 0 Å². The number of nitrogen functional groups attached to an aromatic ring is 1. The highest BCUT2D eigenvalue weighted by Crippen LogP contribution is 2.39. The summed E-state index contributed by atoms with van der Waals surface area (Å²) in [6.45, 7) is 0.905. The van der Waals surface area contributed by atoms with Gasteiger partial charge >= 0.3 is 0 Å². The predicted octanol–water partition coefficient (Wildman–Crippen LogP) is -0.727. The van der Waals surface area contributed by atoms with E-state index in [9.17, 15) is 14.6 Å². The number of aliphatic hydroxyl groups is 1. The lowest BCUT2D eigenvalue weighted by Crippen LogP contribution is -2.45. The first-order valence-corrected chi connectivity index (χ1v) is 9.47. The van der Waals surface area contributed by atoms with Crippen LogP contribution >= 0.6 is 7.60 Å². The van der Waals surface area contributed by atoms with Crippen molar-refractivity contribution >= 4 is 24.6 Å². The van der Waals surface area contributed by atoms with Gasteiger partial charge in [-0.2, -0.15) is 0 Å². The van der Waals surface area contributed by atoms with Gasteiger partial charge in [-0.25, -0.2) is 15.0 Å². The molecule has 0 amide bonds. The van der Waals surface area contributed by atoms with Crippen LogP contribution in [-0.2, 0) is 18.6 Å². The number of rotatable bonds is 6. The lowest BCUT2D eigenvalue weighted by molar-refractivity contribution is -0.198. The number of aliphatic hydroxyl groups excluding tert-OH is 1. The van der Waals surface area contributed by atoms with Gasteiger partial charge in [-0.05, 0) is 0 Å². The van der Waals surface area contributed by atoms with Crippen molar-refractivity contribution in [1.82, 2.24) is 19.5 Å². The molecule has 0 aliphatic carbocycles. The molecule has 3 heterocycles. The topological polar surface area (TPSA) is 158 Å². The van der Waals surface area contributed by atoms with E-state index in [-0.39, 0.29) is 25.5 Å². The molecule has 1 aliphatic heterocycles. The smallest absolute Gasteiger partial charge is 0.167 e. The highest BCUT2D eigenvalue weighted by molar-refractivity contribution is 7.50. The van der Waals surface area contributed by atoms with Crippen molar-refractivity contribution in [3.05, 3.63) is 12.7 Å². The van der Waals surface area contributed by atoms with E-state index in [2.05, 4.69) is 15.0 Å². The van der Waals surface area contributed by atoms with E-state index in [4.69, 9.17) is 19.7 Å². The Morgan fingerprint density at radius 3 is 3.00 bits per heavy atom. The molecule has 12 heteroatoms. The second-order valence-corrected chi connectivity index (χ2v) is 7.65. The molecule has 3 unspecified atom stereocenters. The minimum atomic E-state index is -3.86. The van der Waals surface area contributed by atoms with E-state index in [0.717, 1.165) is 6.66 Å². The van der Waals surface area contributed by atoms with E-state index in [1.165, 1.54) is 24.3 Å². The lowest BCUT2D eigenvalue weighted by atomic mass is 9.95. The molecule has 25 heavy (non-hydrogen) atoms. The van der Waals surface area contributed by atoms with Crippen LogP contribution in [0.15, 0.2) is 12.7 Å². The molecule has 0 spiro atoms. The first-order chi connectivity index (χ1) is 11.8. The van der Waals surface area contributed by atoms with Crippen LogP contribution in [0.3, 0.4) is 0 Å². The minimum Gasteiger partial charge on any atom is -0.779 e. The van der Waals surface area contributed by atoms with Crippen LogP contribution < -0.4 is 10.6 Å². The van der Waals surface area contributed by atoms with Crippen molar-refractivity contribution < 1.29 is 28.6 Å². The molecule has 11 nitrogen and oxygen atoms in total. The number of fused-ring (bicyclic) bond motifs is 1. The Morgan fingerprint density at radius 2 is 2.32 bits per heavy atom. The normalized spacial score (nSPS) is 29.1. The molecule has 0 saturated carbocycles. The SMILES string of the molecule is COC1(CCOP(C)(=O)[O-])CO[C@H](n2cnc3c(N)ncnc32)C1O. The standard InChI is InChI=1S/C13H20N5O6P/c1-22-13(3-4-24-25(2,20)21)5-23-12(9(13)19)18-7-17-8-10(14)15-6-16-11(8)18/h6-7,9,12,19H,3-5H2,1-2H3,(H,20,21)(H2,14,15,16)/p-1/t9?,12-,13?/m0/s1. The van der Waals surface area contributed by atoms with E-state index in [0.29, 0.717) is 11.2 Å². The van der Waals surface area contributed by atoms with Gasteiger partial charge in [0.2, 0.25) is 0 Å². The summed E-state index contributed by atoms with van der Waals surface area (Å²) in [5.41, 5.74) is 5.46. The van der Waals surface area contributed by atoms with Gasteiger partial charge in [0.1, 0.15) is 31.1 Å². The molecule has 0 aromatic carbocycles. The molecule has 138 valence electrons. The number of aromatic nitrogens is 4. The lowest BCUT2D eigenvalue weighted by Gasteiger charge is -2.31. The molecule has 1 aliphatic rings. The van der Waals surface area contributed by atoms with Crippen LogP contribution in [0.1, 0.15) is 12.6 Å². The summed E-state index contributed by atoms with van der Waals surface area (Å²) < 4.78 is 28.6. The van der Waals surface area contributed by atoms with Crippen molar-refractivity contribution in [2.24, 2.45) is 0 Å². The van der Waals surface area contributed by atoms with Crippen LogP contribution in [-0.4, -0.2) is 63.3 Å². The van der Waals surface area contributed by atoms with Gasteiger partial charge in [0.05, 0.1) is 19.5 Å². The molecule has 3 rings (SSSR count). The monoisotopic (exact) mass is 372 g/mol. The molecule has 4 atom stereocenters. The average Bonchev–Trinajstić information content (AvgIpc) is 3.10. The molecule has 0 bridgehead atoms. The summed E-state index contributed by atoms with van der Waals surface area (Å²) in [4.78, 5) is 23.3. The van der Waals surface area contributed by atoms with Crippen LogP contribution in [0.5, 0.6) is 0 Å². The van der Waals surface area contributed by atoms with Crippen molar-refractivity contribution in [2.75, 3.05) is 32.7 Å². The molecule has 3 N–H and O–H groups in total. The number of nitrogens with zero attached hydrogens (tertiary/aromatic N) is 4. The van der Waals surface area contributed by atoms with Gasteiger partial charge in [-0.3, -0.25) is 4.57 Å². The van der Waals surface area contributed by atoms with Gasteiger partial charge in [0.15, 0.2) is 17.7 Å². The Balaban J connectivity index is 1.83. The molecule has 2 aromatic heterocycles.